The molecule has 4 N–H and O–H groups in total. The highest BCUT2D eigenvalue weighted by Gasteiger charge is 2.23. The number of rotatable bonds is 8. The maximum atomic E-state index is 12.9. The van der Waals surface area contributed by atoms with E-state index in [0.29, 0.717) is 28.6 Å². The zero-order chi connectivity index (χ0) is 26.6. The number of nitrogens with one attached hydrogen (secondary N) is 1. The van der Waals surface area contributed by atoms with Gasteiger partial charge in [-0.2, -0.15) is 5.90 Å². The van der Waals surface area contributed by atoms with Crippen molar-refractivity contribution >= 4 is 22.9 Å². The fraction of sp³-hybridized carbons (Fsp3) is 0.276. The molecule has 3 aromatic carbocycles. The van der Waals surface area contributed by atoms with Crippen LogP contribution in [-0.2, 0) is 6.54 Å². The third-order valence-corrected chi connectivity index (χ3v) is 7.05. The second kappa shape index (κ2) is 10.9. The van der Waals surface area contributed by atoms with Gasteiger partial charge in [0.25, 0.3) is 5.91 Å². The van der Waals surface area contributed by atoms with Crippen molar-refractivity contribution in [3.8, 4) is 22.9 Å². The lowest BCUT2D eigenvalue weighted by Crippen LogP contribution is -2.22. The molecule has 9 heteroatoms. The largest absolute Gasteiger partial charge is 0.497 e. The number of methoxy groups -OCH3 is 1. The number of hydrogen-bond acceptors (Lipinski definition) is 6. The van der Waals surface area contributed by atoms with Gasteiger partial charge in [0.1, 0.15) is 11.6 Å². The SMILES string of the molecule is COc1cc(CNC(=O)c2ccc(-c3nc4cc(C(=O)O)ccc4n3C3CCCCC3)cc2)cc(ON)c1. The van der Waals surface area contributed by atoms with E-state index in [-0.39, 0.29) is 18.0 Å². The first-order valence-electron chi connectivity index (χ1n) is 12.7. The Hall–Kier alpha value is -4.37. The van der Waals surface area contributed by atoms with Gasteiger partial charge in [0, 0.05) is 29.8 Å². The number of carboxylic acids is 1. The van der Waals surface area contributed by atoms with Crippen molar-refractivity contribution in [2.24, 2.45) is 5.90 Å². The fourth-order valence-electron chi connectivity index (χ4n) is 5.12. The Kier molecular flexibility index (Phi) is 7.28. The quantitative estimate of drug-likeness (QED) is 0.279. The average molecular weight is 515 g/mol. The van der Waals surface area contributed by atoms with Crippen molar-refractivity contribution in [2.75, 3.05) is 7.11 Å². The molecule has 1 heterocycles. The van der Waals surface area contributed by atoms with Gasteiger partial charge in [-0.15, -0.1) is 0 Å². The van der Waals surface area contributed by atoms with Gasteiger partial charge in [-0.1, -0.05) is 31.4 Å². The van der Waals surface area contributed by atoms with E-state index < -0.39 is 5.97 Å². The standard InChI is InChI=1S/C29H30N4O5/c1-37-23-13-18(14-24(16-23)38-30)17-31-28(34)20-9-7-19(8-10-20)27-32-25-15-21(29(35)36)11-12-26(25)33(27)22-5-3-2-4-6-22/h7-16,22H,2-6,17,30H2,1H3,(H,31,34)(H,35,36). The lowest BCUT2D eigenvalue weighted by atomic mass is 9.94. The summed E-state index contributed by atoms with van der Waals surface area (Å²) in [4.78, 5) is 34.0. The molecule has 1 saturated carbocycles. The Morgan fingerprint density at radius 3 is 2.39 bits per heavy atom. The van der Waals surface area contributed by atoms with Crippen LogP contribution in [-0.4, -0.2) is 33.6 Å². The van der Waals surface area contributed by atoms with Crippen molar-refractivity contribution in [2.45, 2.75) is 44.7 Å². The predicted molar refractivity (Wildman–Crippen MR) is 143 cm³/mol. The van der Waals surface area contributed by atoms with Crippen LogP contribution in [0.4, 0.5) is 0 Å². The molecule has 0 spiro atoms. The molecule has 1 aliphatic carbocycles. The van der Waals surface area contributed by atoms with Crippen LogP contribution in [0.3, 0.4) is 0 Å². The Labute approximate surface area is 220 Å². The topological polar surface area (TPSA) is 129 Å². The molecule has 1 aliphatic rings. The van der Waals surface area contributed by atoms with Crippen LogP contribution in [0.25, 0.3) is 22.4 Å². The number of benzene rings is 3. The molecular formula is C29H30N4O5. The van der Waals surface area contributed by atoms with Crippen molar-refractivity contribution < 1.29 is 24.3 Å². The molecule has 0 radical (unpaired) electrons. The van der Waals surface area contributed by atoms with Crippen LogP contribution in [0.2, 0.25) is 0 Å². The molecular weight excluding hydrogens is 484 g/mol. The van der Waals surface area contributed by atoms with Crippen LogP contribution in [0.5, 0.6) is 11.5 Å². The molecule has 4 aromatic rings. The van der Waals surface area contributed by atoms with Gasteiger partial charge in [-0.25, -0.2) is 9.78 Å². The molecule has 0 aliphatic heterocycles. The minimum atomic E-state index is -0.975. The monoisotopic (exact) mass is 514 g/mol. The number of carbonyl (C=O) groups excluding carboxylic acids is 1. The zero-order valence-electron chi connectivity index (χ0n) is 21.1. The van der Waals surface area contributed by atoms with E-state index in [1.54, 1.807) is 49.6 Å². The first-order chi connectivity index (χ1) is 18.5. The number of nitrogens with two attached hydrogens (primary N) is 1. The van der Waals surface area contributed by atoms with Gasteiger partial charge >= 0.3 is 5.97 Å². The number of carbonyl (C=O) groups is 2. The highest BCUT2D eigenvalue weighted by atomic mass is 16.6. The number of hydrogen-bond donors (Lipinski definition) is 3. The van der Waals surface area contributed by atoms with Crippen LogP contribution in [0.15, 0.2) is 60.7 Å². The van der Waals surface area contributed by atoms with E-state index in [1.807, 2.05) is 18.2 Å². The third kappa shape index (κ3) is 5.19. The summed E-state index contributed by atoms with van der Waals surface area (Å²) in [7, 11) is 1.55. The lowest BCUT2D eigenvalue weighted by Gasteiger charge is -2.25. The maximum Gasteiger partial charge on any atom is 0.335 e. The molecule has 0 atom stereocenters. The summed E-state index contributed by atoms with van der Waals surface area (Å²) in [5, 5.41) is 12.4. The zero-order valence-corrected chi connectivity index (χ0v) is 21.1. The minimum absolute atomic E-state index is 0.213. The normalized spacial score (nSPS) is 13.8. The van der Waals surface area contributed by atoms with E-state index in [2.05, 4.69) is 9.88 Å². The number of amides is 1. The minimum Gasteiger partial charge on any atom is -0.497 e. The number of fused-ring (bicyclic) bond motifs is 1. The van der Waals surface area contributed by atoms with Gasteiger partial charge in [-0.05, 0) is 60.9 Å². The van der Waals surface area contributed by atoms with Gasteiger partial charge in [0.15, 0.2) is 5.75 Å². The average Bonchev–Trinajstić information content (AvgIpc) is 3.35. The summed E-state index contributed by atoms with van der Waals surface area (Å²) >= 11 is 0. The van der Waals surface area contributed by atoms with Crippen LogP contribution >= 0.6 is 0 Å². The molecule has 1 aromatic heterocycles. The number of aromatic carboxylic acids is 1. The Bertz CT molecular complexity index is 1450. The number of aromatic nitrogens is 2. The van der Waals surface area contributed by atoms with Crippen molar-refractivity contribution in [1.29, 1.82) is 0 Å². The van der Waals surface area contributed by atoms with Gasteiger partial charge in [0.05, 0.1) is 23.7 Å². The molecule has 0 bridgehead atoms. The highest BCUT2D eigenvalue weighted by Crippen LogP contribution is 2.36. The predicted octanol–water partition coefficient (Wildman–Crippen LogP) is 5.10. The molecule has 0 unspecified atom stereocenters. The molecule has 0 saturated heterocycles. The summed E-state index contributed by atoms with van der Waals surface area (Å²) < 4.78 is 7.50. The Morgan fingerprint density at radius 2 is 1.71 bits per heavy atom. The molecule has 1 amide bonds. The third-order valence-electron chi connectivity index (χ3n) is 7.05. The van der Waals surface area contributed by atoms with E-state index in [4.69, 9.17) is 20.5 Å². The van der Waals surface area contributed by atoms with Crippen LogP contribution in [0.1, 0.15) is 64.4 Å². The number of imidazole rings is 1. The molecule has 9 nitrogen and oxygen atoms in total. The summed E-state index contributed by atoms with van der Waals surface area (Å²) in [5.74, 6) is 5.89. The van der Waals surface area contributed by atoms with Gasteiger partial charge in [-0.3, -0.25) is 4.79 Å². The van der Waals surface area contributed by atoms with E-state index in [0.717, 1.165) is 48.2 Å². The highest BCUT2D eigenvalue weighted by molar-refractivity contribution is 5.95. The number of nitrogens with zero attached hydrogens (tertiary/aromatic N) is 2. The molecule has 196 valence electrons. The Morgan fingerprint density at radius 1 is 1.00 bits per heavy atom. The van der Waals surface area contributed by atoms with E-state index in [9.17, 15) is 14.7 Å². The fourth-order valence-corrected chi connectivity index (χ4v) is 5.12. The summed E-state index contributed by atoms with van der Waals surface area (Å²) in [6, 6.07) is 17.9. The smallest absolute Gasteiger partial charge is 0.335 e. The first-order valence-corrected chi connectivity index (χ1v) is 12.7. The number of ether oxygens (including phenoxy) is 1. The first kappa shape index (κ1) is 25.3. The van der Waals surface area contributed by atoms with E-state index >= 15 is 0 Å². The second-order valence-electron chi connectivity index (χ2n) is 9.50. The molecule has 1 fully saturated rings. The summed E-state index contributed by atoms with van der Waals surface area (Å²) in [6.07, 6.45) is 5.65. The summed E-state index contributed by atoms with van der Waals surface area (Å²) in [6.45, 7) is 0.275. The van der Waals surface area contributed by atoms with Crippen LogP contribution in [0, 0.1) is 0 Å². The van der Waals surface area contributed by atoms with Crippen molar-refractivity contribution in [3.63, 3.8) is 0 Å². The molecule has 5 rings (SSSR count). The Balaban J connectivity index is 1.40. The lowest BCUT2D eigenvalue weighted by molar-refractivity contribution is 0.0696. The molecule has 38 heavy (non-hydrogen) atoms. The van der Waals surface area contributed by atoms with Gasteiger partial charge < -0.3 is 24.6 Å². The van der Waals surface area contributed by atoms with Gasteiger partial charge in [0.2, 0.25) is 0 Å². The van der Waals surface area contributed by atoms with E-state index in [1.165, 1.54) is 6.42 Å². The summed E-state index contributed by atoms with van der Waals surface area (Å²) in [5.41, 5.74) is 3.98. The van der Waals surface area contributed by atoms with Crippen molar-refractivity contribution in [1.82, 2.24) is 14.9 Å². The second-order valence-corrected chi connectivity index (χ2v) is 9.50. The van der Waals surface area contributed by atoms with Crippen LogP contribution < -0.4 is 20.8 Å². The van der Waals surface area contributed by atoms with Crippen molar-refractivity contribution in [3.05, 3.63) is 77.4 Å². The number of carboxylic acid groups (broad SMARTS) is 1. The maximum absolute atomic E-state index is 12.9.